The van der Waals surface area contributed by atoms with E-state index in [1.807, 2.05) is 13.8 Å². The minimum absolute atomic E-state index is 0.113. The predicted molar refractivity (Wildman–Crippen MR) is 87.4 cm³/mol. The van der Waals surface area contributed by atoms with Gasteiger partial charge in [-0.1, -0.05) is 20.3 Å². The number of carbonyl (C=O) groups excluding carboxylic acids is 1. The molecule has 4 heteroatoms. The maximum atomic E-state index is 12.3. The van der Waals surface area contributed by atoms with Gasteiger partial charge in [0.25, 0.3) is 0 Å². The second-order valence-corrected chi connectivity index (χ2v) is 6.42. The summed E-state index contributed by atoms with van der Waals surface area (Å²) in [6, 6.07) is 0. The van der Waals surface area contributed by atoms with Gasteiger partial charge in [-0.15, -0.1) is 0 Å². The summed E-state index contributed by atoms with van der Waals surface area (Å²) >= 11 is 0. The van der Waals surface area contributed by atoms with Crippen LogP contribution in [0.2, 0.25) is 0 Å². The van der Waals surface area contributed by atoms with E-state index in [2.05, 4.69) is 24.1 Å². The Kier molecular flexibility index (Phi) is 8.27. The van der Waals surface area contributed by atoms with Gasteiger partial charge in [-0.3, -0.25) is 4.79 Å². The quantitative estimate of drug-likeness (QED) is 0.596. The van der Waals surface area contributed by atoms with Crippen molar-refractivity contribution in [1.82, 2.24) is 10.2 Å². The van der Waals surface area contributed by atoms with E-state index < -0.39 is 5.54 Å². The molecule has 0 aliphatic heterocycles. The molecule has 0 spiro atoms. The molecule has 0 amide bonds. The fraction of sp³-hybridized carbons (Fsp3) is 0.941. The molecule has 1 aliphatic rings. The third kappa shape index (κ3) is 5.95. The molecule has 1 saturated carbocycles. The van der Waals surface area contributed by atoms with Gasteiger partial charge in [-0.05, 0) is 58.5 Å². The van der Waals surface area contributed by atoms with E-state index in [1.165, 1.54) is 25.8 Å². The largest absolute Gasteiger partial charge is 0.465 e. The Bertz CT molecular complexity index is 305. The first-order chi connectivity index (χ1) is 10.1. The van der Waals surface area contributed by atoms with Crippen molar-refractivity contribution in [3.63, 3.8) is 0 Å². The molecule has 0 aromatic carbocycles. The lowest BCUT2D eigenvalue weighted by molar-refractivity contribution is -0.151. The number of hydrogen-bond donors (Lipinski definition) is 1. The first kappa shape index (κ1) is 18.4. The van der Waals surface area contributed by atoms with Crippen molar-refractivity contribution in [1.29, 1.82) is 0 Å². The number of rotatable bonds is 11. The maximum absolute atomic E-state index is 12.3. The van der Waals surface area contributed by atoms with Gasteiger partial charge in [0.05, 0.1) is 6.61 Å². The van der Waals surface area contributed by atoms with Crippen LogP contribution in [0.25, 0.3) is 0 Å². The van der Waals surface area contributed by atoms with Crippen molar-refractivity contribution in [2.45, 2.75) is 65.3 Å². The standard InChI is InChI=1S/C17H34N2O2/c1-5-12-18-17(4,16(20)21-7-3)11-13-19(6-2)14-15-9-8-10-15/h15,18H,5-14H2,1-4H3. The minimum atomic E-state index is -0.556. The maximum Gasteiger partial charge on any atom is 0.326 e. The Morgan fingerprint density at radius 2 is 2.05 bits per heavy atom. The Labute approximate surface area is 130 Å². The van der Waals surface area contributed by atoms with Gasteiger partial charge in [0.15, 0.2) is 0 Å². The molecule has 0 radical (unpaired) electrons. The van der Waals surface area contributed by atoms with Crippen LogP contribution in [-0.2, 0) is 9.53 Å². The van der Waals surface area contributed by atoms with Crippen molar-refractivity contribution in [3.8, 4) is 0 Å². The predicted octanol–water partition coefficient (Wildman–Crippen LogP) is 2.82. The van der Waals surface area contributed by atoms with E-state index in [0.717, 1.165) is 38.4 Å². The minimum Gasteiger partial charge on any atom is -0.465 e. The average Bonchev–Trinajstić information content (AvgIpc) is 2.43. The molecule has 21 heavy (non-hydrogen) atoms. The summed E-state index contributed by atoms with van der Waals surface area (Å²) in [7, 11) is 0. The SMILES string of the molecule is CCCNC(C)(CCN(CC)CC1CCC1)C(=O)OCC. The fourth-order valence-corrected chi connectivity index (χ4v) is 2.75. The molecule has 1 fully saturated rings. The summed E-state index contributed by atoms with van der Waals surface area (Å²) in [5.41, 5.74) is -0.556. The van der Waals surface area contributed by atoms with Crippen LogP contribution in [0.1, 0.15) is 59.8 Å². The first-order valence-corrected chi connectivity index (χ1v) is 8.70. The van der Waals surface area contributed by atoms with Crippen molar-refractivity contribution in [2.75, 3.05) is 32.8 Å². The third-order valence-corrected chi connectivity index (χ3v) is 4.61. The highest BCUT2D eigenvalue weighted by Gasteiger charge is 2.34. The van der Waals surface area contributed by atoms with E-state index in [0.29, 0.717) is 6.61 Å². The fourth-order valence-electron chi connectivity index (χ4n) is 2.75. The summed E-state index contributed by atoms with van der Waals surface area (Å²) in [4.78, 5) is 14.7. The lowest BCUT2D eigenvalue weighted by atomic mass is 9.85. The molecule has 0 aromatic rings. The third-order valence-electron chi connectivity index (χ3n) is 4.61. The van der Waals surface area contributed by atoms with Crippen LogP contribution < -0.4 is 5.32 Å². The van der Waals surface area contributed by atoms with Crippen LogP contribution in [0, 0.1) is 5.92 Å². The van der Waals surface area contributed by atoms with Gasteiger partial charge >= 0.3 is 5.97 Å². The van der Waals surface area contributed by atoms with Crippen molar-refractivity contribution < 1.29 is 9.53 Å². The van der Waals surface area contributed by atoms with E-state index in [1.54, 1.807) is 0 Å². The summed E-state index contributed by atoms with van der Waals surface area (Å²) in [6.45, 7) is 12.7. The summed E-state index contributed by atoms with van der Waals surface area (Å²) in [5.74, 6) is 0.764. The Morgan fingerprint density at radius 1 is 1.33 bits per heavy atom. The highest BCUT2D eigenvalue weighted by atomic mass is 16.5. The van der Waals surface area contributed by atoms with E-state index in [4.69, 9.17) is 4.74 Å². The molecular weight excluding hydrogens is 264 g/mol. The molecule has 0 aromatic heterocycles. The molecule has 1 unspecified atom stereocenters. The van der Waals surface area contributed by atoms with Crippen LogP contribution in [-0.4, -0.2) is 49.2 Å². The van der Waals surface area contributed by atoms with E-state index >= 15 is 0 Å². The van der Waals surface area contributed by atoms with Crippen LogP contribution in [0.5, 0.6) is 0 Å². The summed E-state index contributed by atoms with van der Waals surface area (Å²) in [5, 5.41) is 3.39. The number of carbonyl (C=O) groups is 1. The molecule has 0 bridgehead atoms. The normalized spacial score (nSPS) is 18.3. The highest BCUT2D eigenvalue weighted by molar-refractivity contribution is 5.80. The summed E-state index contributed by atoms with van der Waals surface area (Å²) in [6.07, 6.45) is 5.97. The molecule has 0 heterocycles. The zero-order valence-electron chi connectivity index (χ0n) is 14.4. The zero-order chi connectivity index (χ0) is 15.7. The van der Waals surface area contributed by atoms with Crippen LogP contribution >= 0.6 is 0 Å². The Hall–Kier alpha value is -0.610. The number of hydrogen-bond acceptors (Lipinski definition) is 4. The van der Waals surface area contributed by atoms with Crippen molar-refractivity contribution in [2.24, 2.45) is 5.92 Å². The molecule has 1 atom stereocenters. The highest BCUT2D eigenvalue weighted by Crippen LogP contribution is 2.27. The van der Waals surface area contributed by atoms with Crippen molar-refractivity contribution in [3.05, 3.63) is 0 Å². The van der Waals surface area contributed by atoms with Gasteiger partial charge in [-0.2, -0.15) is 0 Å². The van der Waals surface area contributed by atoms with Crippen LogP contribution in [0.4, 0.5) is 0 Å². The summed E-state index contributed by atoms with van der Waals surface area (Å²) < 4.78 is 5.26. The lowest BCUT2D eigenvalue weighted by Crippen LogP contribution is -2.52. The second kappa shape index (κ2) is 9.42. The second-order valence-electron chi connectivity index (χ2n) is 6.42. The molecule has 0 saturated heterocycles. The number of nitrogens with zero attached hydrogens (tertiary/aromatic N) is 1. The van der Waals surface area contributed by atoms with Crippen LogP contribution in [0.3, 0.4) is 0 Å². The zero-order valence-corrected chi connectivity index (χ0v) is 14.4. The molecule has 1 rings (SSSR count). The van der Waals surface area contributed by atoms with Crippen molar-refractivity contribution >= 4 is 5.97 Å². The first-order valence-electron chi connectivity index (χ1n) is 8.70. The Balaban J connectivity index is 2.50. The topological polar surface area (TPSA) is 41.6 Å². The molecule has 4 nitrogen and oxygen atoms in total. The van der Waals surface area contributed by atoms with Crippen LogP contribution in [0.15, 0.2) is 0 Å². The molecule has 1 N–H and O–H groups in total. The molecule has 1 aliphatic carbocycles. The van der Waals surface area contributed by atoms with Gasteiger partial charge in [0.2, 0.25) is 0 Å². The van der Waals surface area contributed by atoms with E-state index in [-0.39, 0.29) is 5.97 Å². The van der Waals surface area contributed by atoms with Gasteiger partial charge in [0.1, 0.15) is 5.54 Å². The number of ether oxygens (including phenoxy) is 1. The monoisotopic (exact) mass is 298 g/mol. The Morgan fingerprint density at radius 3 is 2.52 bits per heavy atom. The number of nitrogens with one attached hydrogen (secondary N) is 1. The van der Waals surface area contributed by atoms with Gasteiger partial charge in [0, 0.05) is 13.1 Å². The molecule has 124 valence electrons. The average molecular weight is 298 g/mol. The van der Waals surface area contributed by atoms with Gasteiger partial charge < -0.3 is 15.0 Å². The smallest absolute Gasteiger partial charge is 0.326 e. The number of esters is 1. The molecular formula is C17H34N2O2. The van der Waals surface area contributed by atoms with E-state index in [9.17, 15) is 4.79 Å². The van der Waals surface area contributed by atoms with Gasteiger partial charge in [-0.25, -0.2) is 0 Å². The lowest BCUT2D eigenvalue weighted by Gasteiger charge is -2.35.